The molecule has 0 radical (unpaired) electrons. The number of hydrogen-bond donors (Lipinski definition) is 0. The molecule has 0 amide bonds. The summed E-state index contributed by atoms with van der Waals surface area (Å²) in [5.41, 5.74) is 1.59. The normalized spacial score (nSPS) is 11.7. The summed E-state index contributed by atoms with van der Waals surface area (Å²) in [7, 11) is 0.560. The maximum absolute atomic E-state index is 10.9. The molecule has 10 heavy (non-hydrogen) atoms. The van der Waals surface area contributed by atoms with Crippen LogP contribution in [0.3, 0.4) is 0 Å². The van der Waals surface area contributed by atoms with Crippen molar-refractivity contribution in [3.63, 3.8) is 0 Å². The lowest BCUT2D eigenvalue weighted by Crippen LogP contribution is -2.09. The number of aryl methyl sites for hydroxylation is 2. The lowest BCUT2D eigenvalue weighted by Gasteiger charge is -1.82. The Hall–Kier alpha value is -0.690. The van der Waals surface area contributed by atoms with Gasteiger partial charge in [-0.1, -0.05) is 4.57 Å². The smallest absolute Gasteiger partial charge is 0.295 e. The minimum atomic E-state index is -1.29. The third-order valence-corrected chi connectivity index (χ3v) is 2.23. The summed E-state index contributed by atoms with van der Waals surface area (Å²) < 4.78 is 12.7. The number of aromatic nitrogens is 2. The number of hydrogen-bond acceptors (Lipinski definition) is 2. The van der Waals surface area contributed by atoms with E-state index in [4.69, 9.17) is 0 Å². The Morgan fingerprint density at radius 3 is 2.50 bits per heavy atom. The van der Waals surface area contributed by atoms with Crippen LogP contribution in [0.1, 0.15) is 5.69 Å². The van der Waals surface area contributed by atoms with Gasteiger partial charge in [-0.3, -0.25) is 4.57 Å². The van der Waals surface area contributed by atoms with Crippen LogP contribution >= 0.6 is 7.80 Å². The van der Waals surface area contributed by atoms with Crippen molar-refractivity contribution in [1.82, 2.24) is 9.55 Å². The second kappa shape index (κ2) is 2.51. The third kappa shape index (κ3) is 1.24. The van der Waals surface area contributed by atoms with E-state index in [0.717, 1.165) is 5.69 Å². The first-order valence-electron chi connectivity index (χ1n) is 3.02. The van der Waals surface area contributed by atoms with Gasteiger partial charge in [-0.15, -0.1) is 0 Å². The van der Waals surface area contributed by atoms with Crippen LogP contribution in [0.2, 0.25) is 0 Å². The Morgan fingerprint density at radius 1 is 1.70 bits per heavy atom. The molecule has 1 unspecified atom stereocenters. The molecule has 1 atom stereocenters. The zero-order valence-corrected chi connectivity index (χ0v) is 7.22. The molecular weight excluding hydrogens is 147 g/mol. The van der Waals surface area contributed by atoms with E-state index in [9.17, 15) is 4.57 Å². The highest BCUT2D eigenvalue weighted by Gasteiger charge is 2.18. The molecular formula is C6H10N2OP+. The van der Waals surface area contributed by atoms with E-state index < -0.39 is 7.80 Å². The fourth-order valence-electron chi connectivity index (χ4n) is 0.896. The quantitative estimate of drug-likeness (QED) is 0.565. The molecule has 0 spiro atoms. The molecule has 1 heterocycles. The number of nitrogens with zero attached hydrogens (tertiary/aromatic N) is 2. The van der Waals surface area contributed by atoms with Crippen molar-refractivity contribution in [2.24, 2.45) is 7.05 Å². The summed E-state index contributed by atoms with van der Waals surface area (Å²) in [6, 6.07) is 0. The van der Waals surface area contributed by atoms with Gasteiger partial charge < -0.3 is 0 Å². The van der Waals surface area contributed by atoms with Crippen LogP contribution in [-0.4, -0.2) is 16.2 Å². The maximum atomic E-state index is 10.9. The predicted octanol–water partition coefficient (Wildman–Crippen LogP) is 0.811. The molecule has 0 saturated heterocycles. The summed E-state index contributed by atoms with van der Waals surface area (Å²) in [5.74, 6) is 0. The minimum Gasteiger partial charge on any atom is -0.295 e. The summed E-state index contributed by atoms with van der Waals surface area (Å²) in [4.78, 5) is 4.09. The van der Waals surface area contributed by atoms with Crippen LogP contribution in [0, 0.1) is 6.92 Å². The van der Waals surface area contributed by atoms with Crippen molar-refractivity contribution < 1.29 is 4.57 Å². The van der Waals surface area contributed by atoms with Gasteiger partial charge in [0.05, 0.1) is 5.69 Å². The van der Waals surface area contributed by atoms with E-state index in [2.05, 4.69) is 4.98 Å². The molecule has 0 saturated carbocycles. The molecule has 1 rings (SSSR count). The van der Waals surface area contributed by atoms with Gasteiger partial charge in [0.25, 0.3) is 0 Å². The van der Waals surface area contributed by atoms with E-state index >= 15 is 0 Å². The van der Waals surface area contributed by atoms with E-state index in [0.29, 0.717) is 5.57 Å². The zero-order valence-electron chi connectivity index (χ0n) is 6.33. The van der Waals surface area contributed by atoms with Gasteiger partial charge in [0.1, 0.15) is 6.66 Å². The molecule has 54 valence electrons. The maximum Gasteiger partial charge on any atom is 0.413 e. The molecule has 0 aliphatic rings. The Morgan fingerprint density at radius 2 is 2.30 bits per heavy atom. The molecule has 0 bridgehead atoms. The predicted molar refractivity (Wildman–Crippen MR) is 41.1 cm³/mol. The van der Waals surface area contributed by atoms with Crippen LogP contribution in [-0.2, 0) is 11.6 Å². The molecule has 0 fully saturated rings. The van der Waals surface area contributed by atoms with Gasteiger partial charge in [0, 0.05) is 13.2 Å². The average molecular weight is 157 g/mol. The lowest BCUT2D eigenvalue weighted by atomic mass is 10.6. The summed E-state index contributed by atoms with van der Waals surface area (Å²) >= 11 is 0. The number of imidazole rings is 1. The molecule has 1 aromatic rings. The standard InChI is InChI=1S/C6H10N2OP/c1-5-4-8(2)6(7-5)10(3)9/h4H,1-3H3/q+1. The van der Waals surface area contributed by atoms with Gasteiger partial charge in [0.15, 0.2) is 0 Å². The fraction of sp³-hybridized carbons (Fsp3) is 0.500. The van der Waals surface area contributed by atoms with Crippen molar-refractivity contribution in [3.8, 4) is 0 Å². The van der Waals surface area contributed by atoms with Crippen molar-refractivity contribution in [1.29, 1.82) is 0 Å². The van der Waals surface area contributed by atoms with Gasteiger partial charge in [-0.25, -0.2) is 0 Å². The Bertz CT molecular complexity index is 267. The Balaban J connectivity index is 3.15. The second-order valence-corrected chi connectivity index (χ2v) is 3.69. The number of rotatable bonds is 1. The van der Waals surface area contributed by atoms with Crippen LogP contribution in [0.25, 0.3) is 0 Å². The summed E-state index contributed by atoms with van der Waals surface area (Å²) in [5, 5.41) is 0. The van der Waals surface area contributed by atoms with Crippen molar-refractivity contribution in [2.75, 3.05) is 6.66 Å². The largest absolute Gasteiger partial charge is 0.413 e. The lowest BCUT2D eigenvalue weighted by molar-refractivity contribution is 0.594. The Labute approximate surface area is 60.9 Å². The van der Waals surface area contributed by atoms with E-state index in [1.807, 2.05) is 20.2 Å². The molecule has 1 aromatic heterocycles. The molecule has 0 aliphatic heterocycles. The van der Waals surface area contributed by atoms with Crippen molar-refractivity contribution in [3.05, 3.63) is 11.9 Å². The van der Waals surface area contributed by atoms with Gasteiger partial charge in [0.2, 0.25) is 0 Å². The van der Waals surface area contributed by atoms with Gasteiger partial charge >= 0.3 is 13.4 Å². The minimum absolute atomic E-state index is 0.674. The second-order valence-electron chi connectivity index (χ2n) is 2.29. The van der Waals surface area contributed by atoms with Gasteiger partial charge in [-0.2, -0.15) is 4.98 Å². The summed E-state index contributed by atoms with van der Waals surface area (Å²) in [6.07, 6.45) is 1.87. The van der Waals surface area contributed by atoms with Crippen molar-refractivity contribution in [2.45, 2.75) is 6.92 Å². The van der Waals surface area contributed by atoms with Crippen LogP contribution in [0.4, 0.5) is 0 Å². The Kier molecular flexibility index (Phi) is 1.86. The summed E-state index contributed by atoms with van der Waals surface area (Å²) in [6.45, 7) is 3.56. The molecule has 0 aromatic carbocycles. The first-order valence-corrected chi connectivity index (χ1v) is 4.73. The van der Waals surface area contributed by atoms with E-state index in [-0.39, 0.29) is 0 Å². The highest BCUT2D eigenvalue weighted by molar-refractivity contribution is 7.52. The van der Waals surface area contributed by atoms with Crippen LogP contribution < -0.4 is 5.57 Å². The zero-order chi connectivity index (χ0) is 7.72. The topological polar surface area (TPSA) is 34.9 Å². The first kappa shape index (κ1) is 7.42. The molecule has 0 N–H and O–H groups in total. The van der Waals surface area contributed by atoms with Gasteiger partial charge in [-0.05, 0) is 6.92 Å². The van der Waals surface area contributed by atoms with Crippen LogP contribution in [0.15, 0.2) is 6.20 Å². The monoisotopic (exact) mass is 157 g/mol. The molecule has 3 nitrogen and oxygen atoms in total. The van der Waals surface area contributed by atoms with Crippen LogP contribution in [0.5, 0.6) is 0 Å². The highest BCUT2D eigenvalue weighted by Crippen LogP contribution is 2.11. The fourth-order valence-corrected chi connectivity index (χ4v) is 1.70. The van der Waals surface area contributed by atoms with Crippen molar-refractivity contribution >= 4 is 13.4 Å². The SMILES string of the molecule is Cc1cn(C)c([P+](C)=O)n1. The van der Waals surface area contributed by atoms with E-state index in [1.165, 1.54) is 0 Å². The highest BCUT2D eigenvalue weighted by atomic mass is 31.1. The third-order valence-electron chi connectivity index (χ3n) is 1.25. The first-order chi connectivity index (χ1) is 4.61. The van der Waals surface area contributed by atoms with E-state index in [1.54, 1.807) is 11.2 Å². The molecule has 4 heteroatoms. The average Bonchev–Trinajstić information content (AvgIpc) is 2.10. The molecule has 0 aliphatic carbocycles.